The van der Waals surface area contributed by atoms with Gasteiger partial charge in [-0.3, -0.25) is 4.79 Å². The number of nitrogens with zero attached hydrogens (tertiary/aromatic N) is 1. The maximum Gasteiger partial charge on any atom is 0.343 e. The van der Waals surface area contributed by atoms with Crippen molar-refractivity contribution in [2.24, 2.45) is 5.10 Å². The van der Waals surface area contributed by atoms with E-state index in [2.05, 4.69) is 26.5 Å². The van der Waals surface area contributed by atoms with Crippen molar-refractivity contribution in [2.45, 2.75) is 13.0 Å². The van der Waals surface area contributed by atoms with E-state index in [1.54, 1.807) is 37.3 Å². The Labute approximate surface area is 214 Å². The molecule has 0 spiro atoms. The maximum atomic E-state index is 12.4. The number of amides is 1. The second kappa shape index (κ2) is 11.9. The number of ether oxygens (including phenoxy) is 3. The second-order valence-corrected chi connectivity index (χ2v) is 8.61. The summed E-state index contributed by atoms with van der Waals surface area (Å²) in [6, 6.07) is 16.4. The molecule has 0 heterocycles. The number of esters is 1. The standard InChI is InChI=1S/C24H19BrCl2N2O5/c1-14(33-18-7-5-17(25)6-8-18)23(30)29-28-13-15-3-10-21(22(11-15)32-2)34-24(31)16-4-9-19(26)20(27)12-16/h3-14H,1-2H3,(H,29,30)/b28-13-/t14-/m1/s1. The first kappa shape index (κ1) is 25.6. The number of carbonyl (C=O) groups is 2. The van der Waals surface area contributed by atoms with Gasteiger partial charge in [0, 0.05) is 4.47 Å². The van der Waals surface area contributed by atoms with Crippen molar-refractivity contribution in [3.63, 3.8) is 0 Å². The minimum atomic E-state index is -0.754. The van der Waals surface area contributed by atoms with Gasteiger partial charge in [0.05, 0.1) is 28.9 Å². The first-order valence-electron chi connectivity index (χ1n) is 9.87. The van der Waals surface area contributed by atoms with E-state index < -0.39 is 18.0 Å². The monoisotopic (exact) mass is 564 g/mol. The van der Waals surface area contributed by atoms with E-state index >= 15 is 0 Å². The van der Waals surface area contributed by atoms with Gasteiger partial charge in [0.2, 0.25) is 0 Å². The van der Waals surface area contributed by atoms with Crippen LogP contribution in [0.4, 0.5) is 0 Å². The Morgan fingerprint density at radius 1 is 1.00 bits per heavy atom. The molecule has 3 aromatic rings. The molecule has 0 aromatic heterocycles. The predicted molar refractivity (Wildman–Crippen MR) is 134 cm³/mol. The van der Waals surface area contributed by atoms with Gasteiger partial charge in [-0.05, 0) is 73.2 Å². The molecule has 1 amide bonds. The van der Waals surface area contributed by atoms with E-state index in [4.69, 9.17) is 37.4 Å². The highest BCUT2D eigenvalue weighted by Crippen LogP contribution is 2.29. The largest absolute Gasteiger partial charge is 0.493 e. The summed E-state index contributed by atoms with van der Waals surface area (Å²) in [6.07, 6.45) is 0.674. The highest BCUT2D eigenvalue weighted by molar-refractivity contribution is 9.10. The number of hydrogen-bond donors (Lipinski definition) is 1. The van der Waals surface area contributed by atoms with Crippen LogP contribution in [0, 0.1) is 0 Å². The number of halogens is 3. The molecule has 0 radical (unpaired) electrons. The zero-order valence-electron chi connectivity index (χ0n) is 18.1. The van der Waals surface area contributed by atoms with E-state index in [-0.39, 0.29) is 16.3 Å². The highest BCUT2D eigenvalue weighted by atomic mass is 79.9. The third-order valence-corrected chi connectivity index (χ3v) is 5.70. The number of nitrogens with one attached hydrogen (secondary N) is 1. The van der Waals surface area contributed by atoms with Gasteiger partial charge in [-0.25, -0.2) is 10.2 Å². The fraction of sp³-hybridized carbons (Fsp3) is 0.125. The minimum absolute atomic E-state index is 0.205. The van der Waals surface area contributed by atoms with E-state index in [9.17, 15) is 9.59 Å². The van der Waals surface area contributed by atoms with Crippen molar-refractivity contribution >= 4 is 57.2 Å². The fourth-order valence-corrected chi connectivity index (χ4v) is 3.23. The average Bonchev–Trinajstić information content (AvgIpc) is 2.82. The molecule has 176 valence electrons. The molecule has 0 aliphatic carbocycles. The van der Waals surface area contributed by atoms with Crippen LogP contribution < -0.4 is 19.6 Å². The lowest BCUT2D eigenvalue weighted by Gasteiger charge is -2.13. The molecule has 0 aliphatic heterocycles. The van der Waals surface area contributed by atoms with Gasteiger partial charge in [-0.15, -0.1) is 0 Å². The molecule has 3 aromatic carbocycles. The van der Waals surface area contributed by atoms with Gasteiger partial charge in [0.25, 0.3) is 5.91 Å². The normalized spacial score (nSPS) is 11.7. The first-order valence-corrected chi connectivity index (χ1v) is 11.4. The van der Waals surface area contributed by atoms with Crippen LogP contribution in [0.1, 0.15) is 22.8 Å². The van der Waals surface area contributed by atoms with Crippen LogP contribution in [0.5, 0.6) is 17.2 Å². The van der Waals surface area contributed by atoms with Crippen molar-refractivity contribution in [2.75, 3.05) is 7.11 Å². The molecule has 1 atom stereocenters. The molecule has 0 saturated carbocycles. The zero-order chi connectivity index (χ0) is 24.7. The van der Waals surface area contributed by atoms with Crippen molar-refractivity contribution in [1.82, 2.24) is 5.43 Å². The summed E-state index contributed by atoms with van der Waals surface area (Å²) in [7, 11) is 1.44. The Balaban J connectivity index is 1.60. The Bertz CT molecular complexity index is 1220. The van der Waals surface area contributed by atoms with Crippen LogP contribution in [-0.4, -0.2) is 31.3 Å². The minimum Gasteiger partial charge on any atom is -0.493 e. The van der Waals surface area contributed by atoms with Crippen molar-refractivity contribution in [1.29, 1.82) is 0 Å². The molecule has 3 rings (SSSR count). The summed E-state index contributed by atoms with van der Waals surface area (Å²) in [4.78, 5) is 24.6. The Morgan fingerprint density at radius 2 is 1.74 bits per heavy atom. The lowest BCUT2D eigenvalue weighted by Crippen LogP contribution is -2.33. The van der Waals surface area contributed by atoms with Gasteiger partial charge < -0.3 is 14.2 Å². The maximum absolute atomic E-state index is 12.4. The number of hydrazone groups is 1. The Morgan fingerprint density at radius 3 is 2.41 bits per heavy atom. The number of benzene rings is 3. The molecule has 34 heavy (non-hydrogen) atoms. The van der Waals surface area contributed by atoms with Gasteiger partial charge in [0.1, 0.15) is 5.75 Å². The summed E-state index contributed by atoms with van der Waals surface area (Å²) in [5, 5.41) is 4.53. The van der Waals surface area contributed by atoms with Crippen LogP contribution in [0.25, 0.3) is 0 Å². The quantitative estimate of drug-likeness (QED) is 0.159. The first-order chi connectivity index (χ1) is 16.3. The molecule has 0 aliphatic rings. The summed E-state index contributed by atoms with van der Waals surface area (Å²) in [5.74, 6) is 0.0288. The average molecular weight is 566 g/mol. The fourth-order valence-electron chi connectivity index (χ4n) is 2.66. The van der Waals surface area contributed by atoms with Crippen molar-refractivity contribution in [3.05, 3.63) is 86.3 Å². The number of rotatable bonds is 8. The second-order valence-electron chi connectivity index (χ2n) is 6.88. The topological polar surface area (TPSA) is 86.2 Å². The van der Waals surface area contributed by atoms with Crippen molar-refractivity contribution in [3.8, 4) is 17.2 Å². The predicted octanol–water partition coefficient (Wildman–Crippen LogP) is 5.90. The van der Waals surface area contributed by atoms with E-state index in [0.29, 0.717) is 22.1 Å². The molecule has 7 nitrogen and oxygen atoms in total. The molecule has 10 heteroatoms. The lowest BCUT2D eigenvalue weighted by molar-refractivity contribution is -0.127. The molecule has 0 saturated heterocycles. The Hall–Kier alpha value is -3.07. The third-order valence-electron chi connectivity index (χ3n) is 4.43. The van der Waals surface area contributed by atoms with Gasteiger partial charge >= 0.3 is 5.97 Å². The molecule has 0 fully saturated rings. The van der Waals surface area contributed by atoms with Gasteiger partial charge in [0.15, 0.2) is 17.6 Å². The van der Waals surface area contributed by atoms with Crippen LogP contribution in [0.2, 0.25) is 10.0 Å². The molecule has 0 bridgehead atoms. The molecular weight excluding hydrogens is 547 g/mol. The summed E-state index contributed by atoms with van der Waals surface area (Å²) in [5.41, 5.74) is 3.27. The van der Waals surface area contributed by atoms with Crippen LogP contribution in [0.3, 0.4) is 0 Å². The molecule has 0 unspecified atom stereocenters. The summed E-state index contributed by atoms with van der Waals surface area (Å²) < 4.78 is 17.2. The van der Waals surface area contributed by atoms with Crippen molar-refractivity contribution < 1.29 is 23.8 Å². The van der Waals surface area contributed by atoms with E-state index in [1.807, 2.05) is 12.1 Å². The number of methoxy groups -OCH3 is 1. The molecule has 1 N–H and O–H groups in total. The zero-order valence-corrected chi connectivity index (χ0v) is 21.1. The van der Waals surface area contributed by atoms with Crippen LogP contribution >= 0.6 is 39.1 Å². The number of hydrogen-bond acceptors (Lipinski definition) is 6. The highest BCUT2D eigenvalue weighted by Gasteiger charge is 2.15. The smallest absolute Gasteiger partial charge is 0.343 e. The van der Waals surface area contributed by atoms with E-state index in [0.717, 1.165) is 4.47 Å². The summed E-state index contributed by atoms with van der Waals surface area (Å²) >= 11 is 15.2. The Kier molecular flexibility index (Phi) is 8.92. The van der Waals surface area contributed by atoms with E-state index in [1.165, 1.54) is 31.5 Å². The summed E-state index contributed by atoms with van der Waals surface area (Å²) in [6.45, 7) is 1.62. The SMILES string of the molecule is COc1cc(/C=N\NC(=O)[C@@H](C)Oc2ccc(Br)cc2)ccc1OC(=O)c1ccc(Cl)c(Cl)c1. The lowest BCUT2D eigenvalue weighted by atomic mass is 10.2. The van der Waals surface area contributed by atoms with Gasteiger partial charge in [-0.1, -0.05) is 39.1 Å². The van der Waals surface area contributed by atoms with Crippen LogP contribution in [-0.2, 0) is 4.79 Å². The molecular formula is C24H19BrCl2N2O5. The number of carbonyl (C=O) groups excluding carboxylic acids is 2. The van der Waals surface area contributed by atoms with Crippen LogP contribution in [0.15, 0.2) is 70.2 Å². The van der Waals surface area contributed by atoms with Gasteiger partial charge in [-0.2, -0.15) is 5.10 Å². The third kappa shape index (κ3) is 6.96.